The maximum absolute atomic E-state index is 5.48. The molecule has 0 amide bonds. The van der Waals surface area contributed by atoms with Crippen LogP contribution in [0.15, 0.2) is 12.4 Å². The molecule has 0 saturated heterocycles. The van der Waals surface area contributed by atoms with E-state index in [1.165, 1.54) is 6.33 Å². The lowest BCUT2D eigenvalue weighted by molar-refractivity contribution is 0.664. The van der Waals surface area contributed by atoms with Crippen LogP contribution in [-0.4, -0.2) is 25.0 Å². The van der Waals surface area contributed by atoms with Crippen molar-refractivity contribution < 1.29 is 0 Å². The third-order valence-corrected chi connectivity index (χ3v) is 1.75. The Morgan fingerprint density at radius 2 is 2.46 bits per heavy atom. The average Bonchev–Trinajstić information content (AvgIpc) is 2.71. The second-order valence-corrected chi connectivity index (χ2v) is 2.61. The maximum atomic E-state index is 5.48. The first-order valence-electron chi connectivity index (χ1n) is 4.00. The molecule has 2 aromatic rings. The molecule has 0 aliphatic heterocycles. The molecule has 6 nitrogen and oxygen atoms in total. The lowest BCUT2D eigenvalue weighted by atomic mass is 10.4. The number of hydrogen-bond acceptors (Lipinski definition) is 4. The molecule has 2 rings (SSSR count). The number of nitrogens with zero attached hydrogens (tertiary/aromatic N) is 4. The lowest BCUT2D eigenvalue weighted by Crippen LogP contribution is -1.99. The van der Waals surface area contributed by atoms with Gasteiger partial charge >= 0.3 is 0 Å². The summed E-state index contributed by atoms with van der Waals surface area (Å²) < 4.78 is 1.77. The SMILES string of the molecule is CCn1ncnc1-c1cc(N)n[nH]1. The fraction of sp³-hybridized carbons (Fsp3) is 0.286. The van der Waals surface area contributed by atoms with Crippen LogP contribution in [0.1, 0.15) is 6.92 Å². The summed E-state index contributed by atoms with van der Waals surface area (Å²) in [7, 11) is 0. The van der Waals surface area contributed by atoms with Crippen molar-refractivity contribution in [1.82, 2.24) is 25.0 Å². The number of rotatable bonds is 2. The number of nitrogens with two attached hydrogens (primary N) is 1. The molecule has 0 atom stereocenters. The average molecular weight is 178 g/mol. The summed E-state index contributed by atoms with van der Waals surface area (Å²) in [6.45, 7) is 2.77. The van der Waals surface area contributed by atoms with E-state index >= 15 is 0 Å². The van der Waals surface area contributed by atoms with Gasteiger partial charge in [-0.25, -0.2) is 9.67 Å². The molecule has 3 N–H and O–H groups in total. The molecule has 68 valence electrons. The summed E-state index contributed by atoms with van der Waals surface area (Å²) in [6.07, 6.45) is 1.51. The fourth-order valence-electron chi connectivity index (χ4n) is 1.16. The Labute approximate surface area is 74.8 Å². The fourth-order valence-corrected chi connectivity index (χ4v) is 1.16. The normalized spacial score (nSPS) is 10.5. The number of nitrogens with one attached hydrogen (secondary N) is 1. The van der Waals surface area contributed by atoms with Crippen LogP contribution in [0.25, 0.3) is 11.5 Å². The van der Waals surface area contributed by atoms with Gasteiger partial charge in [0.05, 0.1) is 0 Å². The van der Waals surface area contributed by atoms with E-state index in [1.54, 1.807) is 10.7 Å². The van der Waals surface area contributed by atoms with Crippen LogP contribution in [0.5, 0.6) is 0 Å². The molecule has 2 aromatic heterocycles. The highest BCUT2D eigenvalue weighted by molar-refractivity contribution is 5.53. The number of aromatic amines is 1. The van der Waals surface area contributed by atoms with Crippen LogP contribution in [0.3, 0.4) is 0 Å². The van der Waals surface area contributed by atoms with Gasteiger partial charge in [0.15, 0.2) is 5.82 Å². The molecule has 0 aromatic carbocycles. The standard InChI is InChI=1S/C7H10N6/c1-2-13-7(9-4-10-13)5-3-6(8)12-11-5/h3-4H,2H2,1H3,(H3,8,11,12). The molecular formula is C7H10N6. The molecule has 0 fully saturated rings. The first-order chi connectivity index (χ1) is 6.31. The van der Waals surface area contributed by atoms with Crippen LogP contribution in [0.4, 0.5) is 5.82 Å². The van der Waals surface area contributed by atoms with Gasteiger partial charge in [-0.2, -0.15) is 10.2 Å². The minimum absolute atomic E-state index is 0.459. The maximum Gasteiger partial charge on any atom is 0.176 e. The summed E-state index contributed by atoms with van der Waals surface area (Å²) in [5.41, 5.74) is 6.27. The zero-order chi connectivity index (χ0) is 9.26. The molecule has 0 aliphatic carbocycles. The number of aromatic nitrogens is 5. The van der Waals surface area contributed by atoms with Gasteiger partial charge in [0.1, 0.15) is 17.8 Å². The van der Waals surface area contributed by atoms with Gasteiger partial charge in [-0.15, -0.1) is 0 Å². The van der Waals surface area contributed by atoms with Crippen molar-refractivity contribution in [1.29, 1.82) is 0 Å². The number of aryl methyl sites for hydroxylation is 1. The molecule has 2 heterocycles. The van der Waals surface area contributed by atoms with E-state index in [0.717, 1.165) is 18.1 Å². The second-order valence-electron chi connectivity index (χ2n) is 2.61. The van der Waals surface area contributed by atoms with Gasteiger partial charge in [-0.3, -0.25) is 5.10 Å². The Bertz CT molecular complexity index is 401. The van der Waals surface area contributed by atoms with E-state index in [4.69, 9.17) is 5.73 Å². The highest BCUT2D eigenvalue weighted by Crippen LogP contribution is 2.14. The first kappa shape index (κ1) is 7.78. The highest BCUT2D eigenvalue weighted by atomic mass is 15.3. The van der Waals surface area contributed by atoms with Crippen LogP contribution >= 0.6 is 0 Å². The molecule has 0 spiro atoms. The minimum Gasteiger partial charge on any atom is -0.382 e. The van der Waals surface area contributed by atoms with Gasteiger partial charge in [-0.05, 0) is 6.92 Å². The van der Waals surface area contributed by atoms with Gasteiger partial charge < -0.3 is 5.73 Å². The predicted molar refractivity (Wildman–Crippen MR) is 47.7 cm³/mol. The zero-order valence-electron chi connectivity index (χ0n) is 7.23. The lowest BCUT2D eigenvalue weighted by Gasteiger charge is -1.97. The summed E-state index contributed by atoms with van der Waals surface area (Å²) >= 11 is 0. The van der Waals surface area contributed by atoms with Crippen molar-refractivity contribution in [2.45, 2.75) is 13.5 Å². The summed E-state index contributed by atoms with van der Waals surface area (Å²) in [6, 6.07) is 1.73. The van der Waals surface area contributed by atoms with E-state index in [9.17, 15) is 0 Å². The van der Waals surface area contributed by atoms with Gasteiger partial charge in [0, 0.05) is 12.6 Å². The zero-order valence-corrected chi connectivity index (χ0v) is 7.23. The highest BCUT2D eigenvalue weighted by Gasteiger charge is 2.07. The number of H-pyrrole nitrogens is 1. The predicted octanol–water partition coefficient (Wildman–Crippen LogP) is 0.270. The van der Waals surface area contributed by atoms with Crippen molar-refractivity contribution in [2.24, 2.45) is 0 Å². The van der Waals surface area contributed by atoms with Crippen LogP contribution in [-0.2, 0) is 6.54 Å². The van der Waals surface area contributed by atoms with Crippen LogP contribution < -0.4 is 5.73 Å². The molecule has 0 bridgehead atoms. The quantitative estimate of drug-likeness (QED) is 0.691. The minimum atomic E-state index is 0.459. The van der Waals surface area contributed by atoms with E-state index in [-0.39, 0.29) is 0 Å². The summed E-state index contributed by atoms with van der Waals surface area (Å²) in [5.74, 6) is 1.22. The summed E-state index contributed by atoms with van der Waals surface area (Å²) in [5, 5.41) is 10.6. The Morgan fingerprint density at radius 1 is 1.62 bits per heavy atom. The molecule has 0 unspecified atom stereocenters. The van der Waals surface area contributed by atoms with Gasteiger partial charge in [-0.1, -0.05) is 0 Å². The monoisotopic (exact) mass is 178 g/mol. The van der Waals surface area contributed by atoms with Crippen molar-refractivity contribution in [3.8, 4) is 11.5 Å². The first-order valence-corrected chi connectivity index (χ1v) is 4.00. The molecule has 6 heteroatoms. The van der Waals surface area contributed by atoms with Crippen molar-refractivity contribution >= 4 is 5.82 Å². The molecule has 0 saturated carbocycles. The largest absolute Gasteiger partial charge is 0.382 e. The third kappa shape index (κ3) is 1.26. The Kier molecular flexibility index (Phi) is 1.73. The number of hydrogen-bond donors (Lipinski definition) is 2. The van der Waals surface area contributed by atoms with Gasteiger partial charge in [0.25, 0.3) is 0 Å². The van der Waals surface area contributed by atoms with E-state index in [1.807, 2.05) is 6.92 Å². The Hall–Kier alpha value is -1.85. The molecule has 13 heavy (non-hydrogen) atoms. The third-order valence-electron chi connectivity index (χ3n) is 1.75. The Morgan fingerprint density at radius 3 is 3.08 bits per heavy atom. The number of anilines is 1. The van der Waals surface area contributed by atoms with E-state index in [0.29, 0.717) is 5.82 Å². The van der Waals surface area contributed by atoms with Crippen LogP contribution in [0, 0.1) is 0 Å². The topological polar surface area (TPSA) is 85.4 Å². The van der Waals surface area contributed by atoms with Crippen molar-refractivity contribution in [3.05, 3.63) is 12.4 Å². The molecule has 0 radical (unpaired) electrons. The van der Waals surface area contributed by atoms with E-state index < -0.39 is 0 Å². The number of nitrogen functional groups attached to an aromatic ring is 1. The molecule has 0 aliphatic rings. The van der Waals surface area contributed by atoms with Crippen molar-refractivity contribution in [3.63, 3.8) is 0 Å². The van der Waals surface area contributed by atoms with Crippen LogP contribution in [0.2, 0.25) is 0 Å². The Balaban J connectivity index is 2.45. The smallest absolute Gasteiger partial charge is 0.176 e. The molecular weight excluding hydrogens is 168 g/mol. The summed E-state index contributed by atoms with van der Waals surface area (Å²) in [4.78, 5) is 4.10. The second kappa shape index (κ2) is 2.89. The van der Waals surface area contributed by atoms with Gasteiger partial charge in [0.2, 0.25) is 0 Å². The van der Waals surface area contributed by atoms with Crippen molar-refractivity contribution in [2.75, 3.05) is 5.73 Å². The van der Waals surface area contributed by atoms with E-state index in [2.05, 4.69) is 20.3 Å².